The number of hydrogen-bond donors (Lipinski definition) is 2. The summed E-state index contributed by atoms with van der Waals surface area (Å²) in [6.07, 6.45) is 6.78. The van der Waals surface area contributed by atoms with Crippen LogP contribution in [-0.4, -0.2) is 56.1 Å². The van der Waals surface area contributed by atoms with Gasteiger partial charge in [-0.15, -0.1) is 0 Å². The number of nitrogens with one attached hydrogen (secondary N) is 1. The average molecular weight is 559 g/mol. The third-order valence-corrected chi connectivity index (χ3v) is 9.65. The van der Waals surface area contributed by atoms with Gasteiger partial charge in [0.15, 0.2) is 0 Å². The van der Waals surface area contributed by atoms with Crippen LogP contribution in [0, 0.1) is 5.92 Å². The van der Waals surface area contributed by atoms with Gasteiger partial charge in [0.1, 0.15) is 0 Å². The van der Waals surface area contributed by atoms with E-state index in [9.17, 15) is 9.59 Å². The largest absolute Gasteiger partial charge is 0.399 e. The molecule has 0 radical (unpaired) electrons. The molecule has 2 fully saturated rings. The number of amides is 2. The Morgan fingerprint density at radius 3 is 2.44 bits per heavy atom. The summed E-state index contributed by atoms with van der Waals surface area (Å²) in [6, 6.07) is 11.8. The van der Waals surface area contributed by atoms with Gasteiger partial charge in [0.25, 0.3) is 0 Å². The molecule has 2 amide bonds. The number of aryl methyl sites for hydroxylation is 1. The molecule has 2 aliphatic rings. The molecule has 3 aromatic rings. The molecule has 2 atom stereocenters. The summed E-state index contributed by atoms with van der Waals surface area (Å²) >= 11 is 0. The van der Waals surface area contributed by atoms with Crippen molar-refractivity contribution in [1.29, 1.82) is 0 Å². The predicted molar refractivity (Wildman–Crippen MR) is 166 cm³/mol. The second kappa shape index (κ2) is 10.8. The van der Waals surface area contributed by atoms with Gasteiger partial charge in [0.05, 0.1) is 17.6 Å². The first kappa shape index (κ1) is 29.1. The fraction of sp³-hybridized carbons (Fsp3) is 0.545. The Bertz CT molecular complexity index is 1440. The number of likely N-dealkylation sites (tertiary alicyclic amines) is 2. The summed E-state index contributed by atoms with van der Waals surface area (Å²) in [5.74, 6) is -0.795. The lowest BCUT2D eigenvalue weighted by atomic mass is 9.77. The fourth-order valence-electron chi connectivity index (χ4n) is 6.98. The van der Waals surface area contributed by atoms with Gasteiger partial charge >= 0.3 is 11.8 Å². The highest BCUT2D eigenvalue weighted by molar-refractivity contribution is 6.39. The van der Waals surface area contributed by atoms with Gasteiger partial charge in [0, 0.05) is 40.6 Å². The first-order valence-corrected chi connectivity index (χ1v) is 15.0. The SMILES string of the molecule is CCc1cc(NC(=O)C(=O)N2C[C@@H](C)CC[C@@H]2c2ccc3cn(C4CC(C)(C)N(C)C(C)(C)C4)nc3c2)ccc1N. The van der Waals surface area contributed by atoms with Crippen LogP contribution in [0.2, 0.25) is 0 Å². The third-order valence-electron chi connectivity index (χ3n) is 9.65. The Labute approximate surface area is 244 Å². The van der Waals surface area contributed by atoms with E-state index in [-0.39, 0.29) is 17.1 Å². The van der Waals surface area contributed by atoms with E-state index in [1.165, 1.54) is 0 Å². The van der Waals surface area contributed by atoms with Crippen molar-refractivity contribution in [3.05, 3.63) is 53.7 Å². The smallest absolute Gasteiger partial charge is 0.313 e. The van der Waals surface area contributed by atoms with Crippen molar-refractivity contribution in [3.8, 4) is 0 Å². The van der Waals surface area contributed by atoms with Gasteiger partial charge in [-0.05, 0) is 108 Å². The van der Waals surface area contributed by atoms with Crippen molar-refractivity contribution < 1.29 is 9.59 Å². The summed E-state index contributed by atoms with van der Waals surface area (Å²) in [4.78, 5) is 30.9. The molecular weight excluding hydrogens is 512 g/mol. The zero-order valence-corrected chi connectivity index (χ0v) is 25.7. The zero-order chi connectivity index (χ0) is 29.7. The predicted octanol–water partition coefficient (Wildman–Crippen LogP) is 5.94. The van der Waals surface area contributed by atoms with Crippen molar-refractivity contribution in [1.82, 2.24) is 19.6 Å². The number of carbonyl (C=O) groups is 2. The summed E-state index contributed by atoms with van der Waals surface area (Å²) < 4.78 is 2.15. The molecule has 8 nitrogen and oxygen atoms in total. The van der Waals surface area contributed by atoms with E-state index in [1.54, 1.807) is 17.0 Å². The number of nitrogens with zero attached hydrogens (tertiary/aromatic N) is 4. The number of nitrogens with two attached hydrogens (primary N) is 1. The van der Waals surface area contributed by atoms with Crippen LogP contribution in [0.4, 0.5) is 11.4 Å². The number of benzene rings is 2. The number of rotatable bonds is 4. The number of carbonyl (C=O) groups excluding carboxylic acids is 2. The second-order valence-corrected chi connectivity index (χ2v) is 13.6. The second-order valence-electron chi connectivity index (χ2n) is 13.6. The molecule has 3 N–H and O–H groups in total. The van der Waals surface area contributed by atoms with Crippen molar-refractivity contribution in [2.45, 2.75) is 96.8 Å². The van der Waals surface area contributed by atoms with Crippen LogP contribution in [0.25, 0.3) is 10.9 Å². The van der Waals surface area contributed by atoms with E-state index in [4.69, 9.17) is 10.8 Å². The third kappa shape index (κ3) is 5.71. The zero-order valence-electron chi connectivity index (χ0n) is 25.7. The lowest BCUT2D eigenvalue weighted by Gasteiger charge is -2.53. The number of hydrogen-bond acceptors (Lipinski definition) is 5. The molecule has 220 valence electrons. The van der Waals surface area contributed by atoms with Crippen LogP contribution < -0.4 is 11.1 Å². The molecule has 3 heterocycles. The molecule has 2 aliphatic heterocycles. The van der Waals surface area contributed by atoms with E-state index in [0.717, 1.165) is 54.1 Å². The summed E-state index contributed by atoms with van der Waals surface area (Å²) in [7, 11) is 2.22. The van der Waals surface area contributed by atoms with Crippen LogP contribution in [0.5, 0.6) is 0 Å². The lowest BCUT2D eigenvalue weighted by molar-refractivity contribution is -0.146. The Morgan fingerprint density at radius 2 is 1.76 bits per heavy atom. The minimum atomic E-state index is -0.617. The molecule has 1 aromatic heterocycles. The fourth-order valence-corrected chi connectivity index (χ4v) is 6.98. The molecule has 2 saturated heterocycles. The minimum Gasteiger partial charge on any atom is -0.399 e. The maximum atomic E-state index is 13.5. The number of nitrogen functional groups attached to an aromatic ring is 1. The molecule has 2 aromatic carbocycles. The van der Waals surface area contributed by atoms with Gasteiger partial charge in [-0.25, -0.2) is 0 Å². The molecule has 0 unspecified atom stereocenters. The van der Waals surface area contributed by atoms with Crippen LogP contribution in [0.3, 0.4) is 0 Å². The van der Waals surface area contributed by atoms with Crippen molar-refractivity contribution in [3.63, 3.8) is 0 Å². The topological polar surface area (TPSA) is 96.5 Å². The molecule has 0 bridgehead atoms. The quantitative estimate of drug-likeness (QED) is 0.305. The van der Waals surface area contributed by atoms with E-state index >= 15 is 0 Å². The van der Waals surface area contributed by atoms with Crippen LogP contribution in [0.15, 0.2) is 42.6 Å². The van der Waals surface area contributed by atoms with Gasteiger partial charge in [0.2, 0.25) is 0 Å². The normalized spacial score (nSPS) is 23.0. The molecule has 0 spiro atoms. The standard InChI is InChI=1S/C33H46N6O2/c1-8-22-15-25(12-13-27(22)34)35-30(40)31(41)38-19-21(2)9-14-29(38)23-10-11-24-20-39(36-28(24)16-23)26-17-32(3,4)37(7)33(5,6)18-26/h10-13,15-16,20-21,26,29H,8-9,14,17-19,34H2,1-7H3,(H,35,40)/t21-,29+/m0/s1. The summed E-state index contributed by atoms with van der Waals surface area (Å²) in [6.45, 7) is 13.9. The van der Waals surface area contributed by atoms with E-state index in [2.05, 4.69) is 81.0 Å². The monoisotopic (exact) mass is 558 g/mol. The first-order valence-electron chi connectivity index (χ1n) is 15.0. The maximum absolute atomic E-state index is 13.5. The van der Waals surface area contributed by atoms with Crippen LogP contribution in [-0.2, 0) is 16.0 Å². The van der Waals surface area contributed by atoms with Gasteiger partial charge < -0.3 is 16.0 Å². The van der Waals surface area contributed by atoms with Crippen molar-refractivity contribution >= 4 is 34.1 Å². The minimum absolute atomic E-state index is 0.0698. The Kier molecular flexibility index (Phi) is 7.66. The molecule has 0 saturated carbocycles. The first-order chi connectivity index (χ1) is 19.3. The van der Waals surface area contributed by atoms with E-state index in [0.29, 0.717) is 29.9 Å². The highest BCUT2D eigenvalue weighted by atomic mass is 16.2. The Morgan fingerprint density at radius 1 is 1.05 bits per heavy atom. The Hall–Kier alpha value is -3.39. The van der Waals surface area contributed by atoms with Gasteiger partial charge in [-0.3, -0.25) is 19.2 Å². The lowest BCUT2D eigenvalue weighted by Crippen LogP contribution is -2.58. The van der Waals surface area contributed by atoms with Crippen LogP contribution >= 0.6 is 0 Å². The highest BCUT2D eigenvalue weighted by Crippen LogP contribution is 2.42. The number of piperidine rings is 2. The maximum Gasteiger partial charge on any atom is 0.313 e. The van der Waals surface area contributed by atoms with Crippen molar-refractivity contribution in [2.75, 3.05) is 24.6 Å². The highest BCUT2D eigenvalue weighted by Gasteiger charge is 2.44. The van der Waals surface area contributed by atoms with E-state index < -0.39 is 11.8 Å². The van der Waals surface area contributed by atoms with Gasteiger partial charge in [-0.2, -0.15) is 5.10 Å². The molecule has 8 heteroatoms. The van der Waals surface area contributed by atoms with Crippen LogP contribution in [0.1, 0.15) is 90.4 Å². The number of anilines is 2. The summed E-state index contributed by atoms with van der Waals surface area (Å²) in [5, 5.41) is 8.96. The van der Waals surface area contributed by atoms with E-state index in [1.807, 2.05) is 13.0 Å². The number of aromatic nitrogens is 2. The molecular formula is C33H46N6O2. The molecule has 41 heavy (non-hydrogen) atoms. The van der Waals surface area contributed by atoms with Gasteiger partial charge in [-0.1, -0.05) is 26.0 Å². The van der Waals surface area contributed by atoms with Crippen molar-refractivity contribution in [2.24, 2.45) is 5.92 Å². The Balaban J connectivity index is 1.38. The summed E-state index contributed by atoms with van der Waals surface area (Å²) in [5.41, 5.74) is 10.3. The average Bonchev–Trinajstić information content (AvgIpc) is 3.35. The molecule has 0 aliphatic carbocycles. The number of fused-ring (bicyclic) bond motifs is 1. The molecule has 5 rings (SSSR count).